The quantitative estimate of drug-likeness (QED) is 0.377. The number of fused-ring (bicyclic) bond motifs is 2. The van der Waals surface area contributed by atoms with Crippen LogP contribution >= 0.6 is 0 Å². The number of nitrogens with two attached hydrogens (primary N) is 1. The molecule has 2 saturated heterocycles. The molecule has 1 aromatic carbocycles. The summed E-state index contributed by atoms with van der Waals surface area (Å²) in [4.78, 5) is 38.1. The highest BCUT2D eigenvalue weighted by Gasteiger charge is 2.26. The lowest BCUT2D eigenvalue weighted by Gasteiger charge is -2.33. The average molecular weight is 519 g/mol. The lowest BCUT2D eigenvalue weighted by atomic mass is 10.3. The molecule has 200 valence electrons. The van der Waals surface area contributed by atoms with E-state index in [4.69, 9.17) is 30.4 Å². The highest BCUT2D eigenvalue weighted by molar-refractivity contribution is 5.86. The number of aryl methyl sites for hydroxylation is 2. The van der Waals surface area contributed by atoms with E-state index in [1.807, 2.05) is 25.2 Å². The highest BCUT2D eigenvalue weighted by Crippen LogP contribution is 2.28. The fourth-order valence-corrected chi connectivity index (χ4v) is 5.38. The van der Waals surface area contributed by atoms with Crippen molar-refractivity contribution in [2.24, 2.45) is 12.8 Å². The van der Waals surface area contributed by atoms with Crippen LogP contribution in [0.5, 0.6) is 0 Å². The van der Waals surface area contributed by atoms with Crippen molar-refractivity contribution in [3.05, 3.63) is 35.9 Å². The molecule has 4 aromatic rings. The molecule has 5 heterocycles. The van der Waals surface area contributed by atoms with Gasteiger partial charge in [0.2, 0.25) is 11.9 Å². The van der Waals surface area contributed by atoms with Crippen molar-refractivity contribution in [3.63, 3.8) is 0 Å². The van der Waals surface area contributed by atoms with Crippen molar-refractivity contribution in [2.75, 3.05) is 63.9 Å². The van der Waals surface area contributed by atoms with E-state index in [0.29, 0.717) is 32.3 Å². The largest absolute Gasteiger partial charge is 0.378 e. The number of hydrogen-bond donors (Lipinski definition) is 1. The van der Waals surface area contributed by atoms with Crippen LogP contribution in [0.1, 0.15) is 18.6 Å². The van der Waals surface area contributed by atoms with E-state index in [1.54, 1.807) is 0 Å². The molecule has 38 heavy (non-hydrogen) atoms. The summed E-state index contributed by atoms with van der Waals surface area (Å²) in [6, 6.07) is 8.12. The Morgan fingerprint density at radius 1 is 0.947 bits per heavy atom. The Kier molecular flexibility index (Phi) is 6.68. The lowest BCUT2D eigenvalue weighted by Crippen LogP contribution is -2.48. The average Bonchev–Trinajstić information content (AvgIpc) is 3.47. The Labute approximate surface area is 221 Å². The highest BCUT2D eigenvalue weighted by atomic mass is 16.5. The molecule has 12 heteroatoms. The second kappa shape index (κ2) is 10.3. The smallest absolute Gasteiger partial charge is 0.239 e. The van der Waals surface area contributed by atoms with Gasteiger partial charge in [-0.2, -0.15) is 9.97 Å². The Morgan fingerprint density at radius 2 is 1.68 bits per heavy atom. The minimum atomic E-state index is -0.282. The predicted octanol–water partition coefficient (Wildman–Crippen LogP) is 0.704. The molecule has 0 bridgehead atoms. The van der Waals surface area contributed by atoms with Crippen molar-refractivity contribution in [3.8, 4) is 5.95 Å². The number of rotatable bonds is 7. The maximum atomic E-state index is 11.3. The van der Waals surface area contributed by atoms with E-state index < -0.39 is 0 Å². The van der Waals surface area contributed by atoms with Gasteiger partial charge >= 0.3 is 0 Å². The van der Waals surface area contributed by atoms with E-state index in [9.17, 15) is 4.79 Å². The number of imidazole rings is 2. The number of primary amides is 1. The molecule has 2 aliphatic rings. The standard InChI is InChI=1S/C26H34N10O2/c1-3-21-28-18-6-4-5-7-19(18)36(21)26-30-24-23(25(31-26)35-12-14-38-15-13-35)29-22(32(24)2)17-34-10-8-33(9-11-34)16-20(27)37/h4-7H,3,8-17H2,1-2H3,(H2,27,37). The first-order valence-corrected chi connectivity index (χ1v) is 13.3. The fraction of sp³-hybridized carbons (Fsp3) is 0.500. The van der Waals surface area contributed by atoms with E-state index >= 15 is 0 Å². The molecule has 2 aliphatic heterocycles. The molecule has 0 spiro atoms. The number of amides is 1. The van der Waals surface area contributed by atoms with Crippen LogP contribution in [0.15, 0.2) is 24.3 Å². The number of nitrogens with zero attached hydrogens (tertiary/aromatic N) is 9. The molecule has 0 aliphatic carbocycles. The molecule has 2 N–H and O–H groups in total. The second-order valence-corrected chi connectivity index (χ2v) is 9.93. The van der Waals surface area contributed by atoms with Crippen molar-refractivity contribution < 1.29 is 9.53 Å². The van der Waals surface area contributed by atoms with Crippen LogP contribution in [0.3, 0.4) is 0 Å². The lowest BCUT2D eigenvalue weighted by molar-refractivity contribution is -0.119. The number of carbonyl (C=O) groups excluding carboxylic acids is 1. The minimum Gasteiger partial charge on any atom is -0.378 e. The number of morpholine rings is 1. The molecular weight excluding hydrogens is 484 g/mol. The predicted molar refractivity (Wildman–Crippen MR) is 144 cm³/mol. The molecule has 12 nitrogen and oxygen atoms in total. The zero-order valence-electron chi connectivity index (χ0n) is 22.0. The molecule has 0 radical (unpaired) electrons. The van der Waals surface area contributed by atoms with Gasteiger partial charge in [0, 0.05) is 52.7 Å². The third-order valence-electron chi connectivity index (χ3n) is 7.45. The van der Waals surface area contributed by atoms with Crippen LogP contribution in [-0.4, -0.2) is 104 Å². The third kappa shape index (κ3) is 4.59. The van der Waals surface area contributed by atoms with Gasteiger partial charge in [0.15, 0.2) is 17.0 Å². The first-order chi connectivity index (χ1) is 18.5. The van der Waals surface area contributed by atoms with Crippen LogP contribution in [-0.2, 0) is 29.5 Å². The summed E-state index contributed by atoms with van der Waals surface area (Å²) in [7, 11) is 2.03. The summed E-state index contributed by atoms with van der Waals surface area (Å²) < 4.78 is 9.79. The minimum absolute atomic E-state index is 0.282. The summed E-state index contributed by atoms with van der Waals surface area (Å²) in [5.74, 6) is 3.03. The molecule has 2 fully saturated rings. The number of benzene rings is 1. The zero-order valence-corrected chi connectivity index (χ0v) is 22.0. The number of anilines is 1. The van der Waals surface area contributed by atoms with Gasteiger partial charge in [-0.25, -0.2) is 9.97 Å². The molecule has 3 aromatic heterocycles. The summed E-state index contributed by atoms with van der Waals surface area (Å²) in [5, 5.41) is 0. The number of para-hydroxylation sites is 2. The number of ether oxygens (including phenoxy) is 1. The third-order valence-corrected chi connectivity index (χ3v) is 7.45. The van der Waals surface area contributed by atoms with Gasteiger partial charge < -0.3 is 19.9 Å². The number of aromatic nitrogens is 6. The normalized spacial score (nSPS) is 17.6. The zero-order chi connectivity index (χ0) is 26.2. The molecule has 0 saturated carbocycles. The number of hydrogen-bond acceptors (Lipinski definition) is 9. The monoisotopic (exact) mass is 518 g/mol. The van der Waals surface area contributed by atoms with Gasteiger partial charge in [0.05, 0.1) is 37.3 Å². The van der Waals surface area contributed by atoms with Crippen LogP contribution in [0.4, 0.5) is 5.82 Å². The summed E-state index contributed by atoms with van der Waals surface area (Å²) in [6.07, 6.45) is 0.765. The Hall–Kier alpha value is -3.61. The van der Waals surface area contributed by atoms with Crippen molar-refractivity contribution >= 4 is 33.9 Å². The van der Waals surface area contributed by atoms with Crippen LogP contribution in [0.25, 0.3) is 28.1 Å². The van der Waals surface area contributed by atoms with Gasteiger partial charge in [0.1, 0.15) is 11.6 Å². The first-order valence-electron chi connectivity index (χ1n) is 13.3. The first kappa shape index (κ1) is 24.7. The van der Waals surface area contributed by atoms with Crippen LogP contribution in [0, 0.1) is 0 Å². The molecule has 0 atom stereocenters. The van der Waals surface area contributed by atoms with E-state index in [-0.39, 0.29) is 5.91 Å². The van der Waals surface area contributed by atoms with Crippen molar-refractivity contribution in [2.45, 2.75) is 19.9 Å². The maximum Gasteiger partial charge on any atom is 0.239 e. The van der Waals surface area contributed by atoms with Crippen molar-refractivity contribution in [1.29, 1.82) is 0 Å². The summed E-state index contributed by atoms with van der Waals surface area (Å²) >= 11 is 0. The Bertz CT molecular complexity index is 1460. The molecule has 1 amide bonds. The molecule has 0 unspecified atom stereocenters. The summed E-state index contributed by atoms with van der Waals surface area (Å²) in [6.45, 7) is 9.25. The van der Waals surface area contributed by atoms with Gasteiger partial charge in [-0.1, -0.05) is 19.1 Å². The number of carbonyl (C=O) groups is 1. The Balaban J connectivity index is 1.40. The molecule has 6 rings (SSSR count). The maximum absolute atomic E-state index is 11.3. The van der Waals surface area contributed by atoms with Gasteiger partial charge in [-0.05, 0) is 12.1 Å². The number of piperazine rings is 1. The topological polar surface area (TPSA) is 123 Å². The SMILES string of the molecule is CCc1nc2ccccc2n1-c1nc(N2CCOCC2)c2nc(CN3CCN(CC(N)=O)CC3)n(C)c2n1. The Morgan fingerprint density at radius 3 is 2.42 bits per heavy atom. The van der Waals surface area contributed by atoms with Gasteiger partial charge in [-0.3, -0.25) is 19.2 Å². The van der Waals surface area contributed by atoms with Gasteiger partial charge in [-0.15, -0.1) is 0 Å². The van der Waals surface area contributed by atoms with Crippen molar-refractivity contribution in [1.82, 2.24) is 38.9 Å². The fourth-order valence-electron chi connectivity index (χ4n) is 5.38. The van der Waals surface area contributed by atoms with Crippen LogP contribution in [0.2, 0.25) is 0 Å². The van der Waals surface area contributed by atoms with E-state index in [0.717, 1.165) is 85.4 Å². The van der Waals surface area contributed by atoms with E-state index in [2.05, 4.69) is 36.8 Å². The van der Waals surface area contributed by atoms with Gasteiger partial charge in [0.25, 0.3) is 0 Å². The second-order valence-electron chi connectivity index (χ2n) is 9.93. The van der Waals surface area contributed by atoms with Crippen LogP contribution < -0.4 is 10.6 Å². The summed E-state index contributed by atoms with van der Waals surface area (Å²) in [5.41, 5.74) is 8.92. The van der Waals surface area contributed by atoms with E-state index in [1.165, 1.54) is 0 Å². The molecular formula is C26H34N10O2.